The summed E-state index contributed by atoms with van der Waals surface area (Å²) in [7, 11) is 0. The summed E-state index contributed by atoms with van der Waals surface area (Å²) < 4.78 is 0.985. The number of phenols is 1. The van der Waals surface area contributed by atoms with Crippen molar-refractivity contribution in [2.75, 3.05) is 0 Å². The molecule has 0 aliphatic carbocycles. The van der Waals surface area contributed by atoms with E-state index in [4.69, 9.17) is 0 Å². The highest BCUT2D eigenvalue weighted by Crippen LogP contribution is 2.31. The predicted molar refractivity (Wildman–Crippen MR) is 91.6 cm³/mol. The summed E-state index contributed by atoms with van der Waals surface area (Å²) in [4.78, 5) is 0. The molecule has 2 atom stereocenters. The normalized spacial score (nSPS) is 13.9. The summed E-state index contributed by atoms with van der Waals surface area (Å²) in [5, 5.41) is 13.7. The zero-order chi connectivity index (χ0) is 15.4. The second-order valence-electron chi connectivity index (χ2n) is 5.46. The highest BCUT2D eigenvalue weighted by Gasteiger charge is 2.17. The Morgan fingerprint density at radius 1 is 1.14 bits per heavy atom. The van der Waals surface area contributed by atoms with Crippen LogP contribution in [-0.4, -0.2) is 5.11 Å². The van der Waals surface area contributed by atoms with Crippen LogP contribution in [0.3, 0.4) is 0 Å². The third kappa shape index (κ3) is 4.08. The number of nitrogens with one attached hydrogen (secondary N) is 1. The topological polar surface area (TPSA) is 32.3 Å². The van der Waals surface area contributed by atoms with Crippen LogP contribution in [0.5, 0.6) is 5.75 Å². The van der Waals surface area contributed by atoms with Gasteiger partial charge in [-0.3, -0.25) is 0 Å². The summed E-state index contributed by atoms with van der Waals surface area (Å²) in [6.45, 7) is 6.37. The molecular formula is C18H22BrNO. The minimum absolute atomic E-state index is 0.124. The van der Waals surface area contributed by atoms with Crippen LogP contribution >= 0.6 is 15.9 Å². The summed E-state index contributed by atoms with van der Waals surface area (Å²) >= 11 is 3.47. The number of halogens is 1. The molecule has 2 aromatic carbocycles. The van der Waals surface area contributed by atoms with E-state index in [9.17, 15) is 5.11 Å². The number of rotatable bonds is 5. The van der Waals surface area contributed by atoms with E-state index in [1.807, 2.05) is 12.1 Å². The van der Waals surface area contributed by atoms with E-state index in [1.165, 1.54) is 11.1 Å². The minimum atomic E-state index is 0.124. The fraction of sp³-hybridized carbons (Fsp3) is 0.333. The van der Waals surface area contributed by atoms with Crippen LogP contribution in [0.25, 0.3) is 0 Å². The maximum Gasteiger partial charge on any atom is 0.120 e. The van der Waals surface area contributed by atoms with Gasteiger partial charge in [0.15, 0.2) is 0 Å². The number of phenolic OH excluding ortho intramolecular Hbond substituents is 1. The molecule has 0 radical (unpaired) electrons. The van der Waals surface area contributed by atoms with Crippen LogP contribution < -0.4 is 5.32 Å². The Bertz CT molecular complexity index is 595. The molecule has 0 saturated heterocycles. The molecular weight excluding hydrogens is 326 g/mol. The molecule has 2 N–H and O–H groups in total. The molecule has 3 heteroatoms. The Kier molecular flexibility index (Phi) is 5.43. The van der Waals surface area contributed by atoms with Crippen molar-refractivity contribution in [2.24, 2.45) is 0 Å². The maximum absolute atomic E-state index is 10.1. The highest BCUT2D eigenvalue weighted by atomic mass is 79.9. The van der Waals surface area contributed by atoms with Gasteiger partial charge in [-0.1, -0.05) is 52.7 Å². The molecule has 0 aliphatic rings. The van der Waals surface area contributed by atoms with Gasteiger partial charge in [0.1, 0.15) is 5.75 Å². The van der Waals surface area contributed by atoms with Crippen molar-refractivity contribution in [3.8, 4) is 5.75 Å². The van der Waals surface area contributed by atoms with Crippen molar-refractivity contribution in [3.63, 3.8) is 0 Å². The molecule has 1 unspecified atom stereocenters. The molecule has 0 heterocycles. The number of aromatic hydroxyl groups is 1. The minimum Gasteiger partial charge on any atom is -0.508 e. The average Bonchev–Trinajstić information content (AvgIpc) is 2.48. The molecule has 2 rings (SSSR count). The predicted octanol–water partition coefficient (Wildman–Crippen LogP) is 5.27. The van der Waals surface area contributed by atoms with E-state index >= 15 is 0 Å². The largest absolute Gasteiger partial charge is 0.508 e. The zero-order valence-electron chi connectivity index (χ0n) is 12.7. The zero-order valence-corrected chi connectivity index (χ0v) is 14.3. The second kappa shape index (κ2) is 7.10. The van der Waals surface area contributed by atoms with Gasteiger partial charge >= 0.3 is 0 Å². The number of hydrogen-bond donors (Lipinski definition) is 2. The van der Waals surface area contributed by atoms with E-state index in [-0.39, 0.29) is 12.1 Å². The van der Waals surface area contributed by atoms with Crippen molar-refractivity contribution in [1.29, 1.82) is 0 Å². The lowest BCUT2D eigenvalue weighted by Gasteiger charge is -2.24. The van der Waals surface area contributed by atoms with Gasteiger partial charge in [-0.15, -0.1) is 0 Å². The van der Waals surface area contributed by atoms with Crippen molar-refractivity contribution in [3.05, 3.63) is 63.6 Å². The highest BCUT2D eigenvalue weighted by molar-refractivity contribution is 9.10. The molecule has 0 spiro atoms. The fourth-order valence-corrected chi connectivity index (χ4v) is 2.86. The lowest BCUT2D eigenvalue weighted by atomic mass is 10.00. The number of benzene rings is 2. The van der Waals surface area contributed by atoms with E-state index in [1.54, 1.807) is 6.07 Å². The van der Waals surface area contributed by atoms with Crippen LogP contribution in [-0.2, 0) is 0 Å². The molecule has 0 amide bonds. The fourth-order valence-electron chi connectivity index (χ4n) is 2.49. The first-order valence-electron chi connectivity index (χ1n) is 7.32. The lowest BCUT2D eigenvalue weighted by molar-refractivity contribution is 0.419. The van der Waals surface area contributed by atoms with E-state index in [2.05, 4.69) is 66.3 Å². The first-order chi connectivity index (χ1) is 10.0. The first kappa shape index (κ1) is 16.1. The van der Waals surface area contributed by atoms with Gasteiger partial charge in [0.2, 0.25) is 0 Å². The molecule has 0 fully saturated rings. The Morgan fingerprint density at radius 2 is 1.81 bits per heavy atom. The summed E-state index contributed by atoms with van der Waals surface area (Å²) in [5.41, 5.74) is 3.46. The molecule has 0 saturated carbocycles. The Balaban J connectivity index is 2.18. The van der Waals surface area contributed by atoms with Crippen LogP contribution in [0, 0.1) is 6.92 Å². The number of hydrogen-bond acceptors (Lipinski definition) is 2. The van der Waals surface area contributed by atoms with Gasteiger partial charge in [0.25, 0.3) is 0 Å². The smallest absolute Gasteiger partial charge is 0.120 e. The van der Waals surface area contributed by atoms with Gasteiger partial charge < -0.3 is 10.4 Å². The third-order valence-electron chi connectivity index (χ3n) is 3.80. The second-order valence-corrected chi connectivity index (χ2v) is 6.38. The van der Waals surface area contributed by atoms with E-state index < -0.39 is 0 Å². The summed E-state index contributed by atoms with van der Waals surface area (Å²) in [6.07, 6.45) is 0.917. The SMILES string of the molecule is CCC(N[C@H](C)c1ccc(C)cc1)c1cc(Br)ccc1O. The molecule has 2 aromatic rings. The Labute approximate surface area is 135 Å². The number of aryl methyl sites for hydroxylation is 1. The van der Waals surface area contributed by atoms with Gasteiger partial charge in [-0.2, -0.15) is 0 Å². The Hall–Kier alpha value is -1.32. The van der Waals surface area contributed by atoms with Crippen LogP contribution in [0.2, 0.25) is 0 Å². The molecule has 0 aliphatic heterocycles. The third-order valence-corrected chi connectivity index (χ3v) is 4.30. The first-order valence-corrected chi connectivity index (χ1v) is 8.11. The molecule has 2 nitrogen and oxygen atoms in total. The standard InChI is InChI=1S/C18H22BrNO/c1-4-17(16-11-15(19)9-10-18(16)21)20-13(3)14-7-5-12(2)6-8-14/h5-11,13,17,20-21H,4H2,1-3H3/t13-,17?/m1/s1. The van der Waals surface area contributed by atoms with Crippen molar-refractivity contribution in [2.45, 2.75) is 39.3 Å². The maximum atomic E-state index is 10.1. The van der Waals surface area contributed by atoms with Gasteiger partial charge in [-0.25, -0.2) is 0 Å². The van der Waals surface area contributed by atoms with Crippen molar-refractivity contribution < 1.29 is 5.11 Å². The summed E-state index contributed by atoms with van der Waals surface area (Å²) in [5.74, 6) is 0.341. The quantitative estimate of drug-likeness (QED) is 0.772. The average molecular weight is 348 g/mol. The lowest BCUT2D eigenvalue weighted by Crippen LogP contribution is -2.24. The Morgan fingerprint density at radius 3 is 2.43 bits per heavy atom. The van der Waals surface area contributed by atoms with E-state index in [0.29, 0.717) is 5.75 Å². The monoisotopic (exact) mass is 347 g/mol. The molecule has 0 bridgehead atoms. The van der Waals surface area contributed by atoms with Gasteiger partial charge in [-0.05, 0) is 44.0 Å². The van der Waals surface area contributed by atoms with Crippen LogP contribution in [0.1, 0.15) is 49.0 Å². The summed E-state index contributed by atoms with van der Waals surface area (Å²) in [6, 6.07) is 14.5. The van der Waals surface area contributed by atoms with Gasteiger partial charge in [0.05, 0.1) is 0 Å². The van der Waals surface area contributed by atoms with Crippen molar-refractivity contribution >= 4 is 15.9 Å². The molecule has 112 valence electrons. The van der Waals surface area contributed by atoms with Crippen molar-refractivity contribution in [1.82, 2.24) is 5.32 Å². The van der Waals surface area contributed by atoms with Crippen LogP contribution in [0.4, 0.5) is 0 Å². The van der Waals surface area contributed by atoms with Crippen LogP contribution in [0.15, 0.2) is 46.9 Å². The van der Waals surface area contributed by atoms with Gasteiger partial charge in [0, 0.05) is 22.1 Å². The molecule has 21 heavy (non-hydrogen) atoms. The van der Waals surface area contributed by atoms with E-state index in [0.717, 1.165) is 16.5 Å². The molecule has 0 aromatic heterocycles.